The van der Waals surface area contributed by atoms with Crippen molar-refractivity contribution in [2.75, 3.05) is 19.6 Å². The highest BCUT2D eigenvalue weighted by atomic mass is 16.6. The third-order valence-electron chi connectivity index (χ3n) is 6.59. The fraction of sp³-hybridized carbons (Fsp3) is 0.435. The Morgan fingerprint density at radius 2 is 1.97 bits per heavy atom. The van der Waals surface area contributed by atoms with Crippen molar-refractivity contribution in [2.24, 2.45) is 5.92 Å². The Bertz CT molecular complexity index is 1220. The van der Waals surface area contributed by atoms with E-state index in [1.807, 2.05) is 35.2 Å². The number of H-pyrrole nitrogens is 1. The summed E-state index contributed by atoms with van der Waals surface area (Å²) in [5.74, 6) is 1.64. The lowest BCUT2D eigenvalue weighted by atomic mass is 9.89. The van der Waals surface area contributed by atoms with Gasteiger partial charge in [-0.1, -0.05) is 37.5 Å². The molecule has 0 spiro atoms. The Hall–Kier alpha value is -3.69. The molecule has 1 saturated heterocycles. The summed E-state index contributed by atoms with van der Waals surface area (Å²) in [7, 11) is 0. The van der Waals surface area contributed by atoms with Gasteiger partial charge in [-0.05, 0) is 30.9 Å². The van der Waals surface area contributed by atoms with Crippen LogP contribution in [0.25, 0.3) is 16.7 Å². The number of hydrogen-bond donors (Lipinski definition) is 2. The lowest BCUT2D eigenvalue weighted by Crippen LogP contribution is -2.49. The minimum absolute atomic E-state index is 0.0205. The van der Waals surface area contributed by atoms with Crippen molar-refractivity contribution in [1.82, 2.24) is 30.0 Å². The maximum Gasteiger partial charge on any atom is 0.274 e. The highest BCUT2D eigenvalue weighted by Gasteiger charge is 2.33. The van der Waals surface area contributed by atoms with Gasteiger partial charge in [0, 0.05) is 19.6 Å². The smallest absolute Gasteiger partial charge is 0.274 e. The van der Waals surface area contributed by atoms with E-state index >= 15 is 0 Å². The first-order valence-electron chi connectivity index (χ1n) is 11.5. The molecule has 3 aromatic rings. The van der Waals surface area contributed by atoms with Gasteiger partial charge in [-0.2, -0.15) is 5.10 Å². The Morgan fingerprint density at radius 3 is 2.70 bits per heavy atom. The molecule has 2 N–H and O–H groups in total. The van der Waals surface area contributed by atoms with Gasteiger partial charge in [0.2, 0.25) is 0 Å². The first kappa shape index (κ1) is 21.2. The Kier molecular flexibility index (Phi) is 5.80. The van der Waals surface area contributed by atoms with Crippen LogP contribution in [0.15, 0.2) is 53.3 Å². The molecule has 0 bridgehead atoms. The number of para-hydroxylation sites is 1. The van der Waals surface area contributed by atoms with E-state index in [1.165, 1.54) is 38.3 Å². The molecule has 3 heterocycles. The van der Waals surface area contributed by atoms with E-state index in [9.17, 15) is 14.9 Å². The Balaban J connectivity index is 1.32. The standard InChI is InChI=1S/C23H27N7O3/c31-23-19-12-25-30(18-9-5-2-6-10-18)22(19)26-21(27-23)17-13-28(14-17)20(15-29(32)33)24-11-16-7-3-1-4-8-16/h2,5-6,9-10,12,15-17,24H,1,3-4,7-8,11,13-14H2,(H,26,27,31). The summed E-state index contributed by atoms with van der Waals surface area (Å²) in [6.45, 7) is 1.84. The number of nitro groups is 1. The highest BCUT2D eigenvalue weighted by molar-refractivity contribution is 5.75. The number of nitrogens with zero attached hydrogens (tertiary/aromatic N) is 5. The van der Waals surface area contributed by atoms with Crippen LogP contribution >= 0.6 is 0 Å². The van der Waals surface area contributed by atoms with Crippen molar-refractivity contribution in [3.8, 4) is 5.69 Å². The second-order valence-corrected chi connectivity index (χ2v) is 8.87. The average molecular weight is 450 g/mol. The average Bonchev–Trinajstić information content (AvgIpc) is 3.22. The summed E-state index contributed by atoms with van der Waals surface area (Å²) >= 11 is 0. The lowest BCUT2D eigenvalue weighted by molar-refractivity contribution is -0.405. The molecular weight excluding hydrogens is 422 g/mol. The van der Waals surface area contributed by atoms with Crippen LogP contribution in [-0.2, 0) is 0 Å². The van der Waals surface area contributed by atoms with Crippen molar-refractivity contribution in [3.05, 3.63) is 74.8 Å². The summed E-state index contributed by atoms with van der Waals surface area (Å²) in [6.07, 6.45) is 8.64. The van der Waals surface area contributed by atoms with E-state index in [-0.39, 0.29) is 11.5 Å². The third-order valence-corrected chi connectivity index (χ3v) is 6.59. The summed E-state index contributed by atoms with van der Waals surface area (Å²) in [5, 5.41) is 19.3. The number of fused-ring (bicyclic) bond motifs is 1. The van der Waals surface area contributed by atoms with E-state index in [4.69, 9.17) is 4.98 Å². The second kappa shape index (κ2) is 9.05. The first-order valence-corrected chi connectivity index (χ1v) is 11.5. The van der Waals surface area contributed by atoms with Gasteiger partial charge in [0.05, 0.1) is 22.7 Å². The summed E-state index contributed by atoms with van der Waals surface area (Å²) in [4.78, 5) is 33.0. The van der Waals surface area contributed by atoms with E-state index in [0.29, 0.717) is 41.7 Å². The molecule has 0 unspecified atom stereocenters. The molecule has 0 amide bonds. The minimum Gasteiger partial charge on any atom is -0.366 e. The van der Waals surface area contributed by atoms with E-state index < -0.39 is 4.92 Å². The number of rotatable bonds is 7. The maximum atomic E-state index is 12.7. The van der Waals surface area contributed by atoms with Crippen LogP contribution in [-0.4, -0.2) is 49.2 Å². The molecule has 2 aromatic heterocycles. The van der Waals surface area contributed by atoms with Gasteiger partial charge >= 0.3 is 0 Å². The lowest BCUT2D eigenvalue weighted by Gasteiger charge is -2.41. The number of likely N-dealkylation sites (tertiary alicyclic amines) is 1. The summed E-state index contributed by atoms with van der Waals surface area (Å²) in [5.41, 5.74) is 1.11. The highest BCUT2D eigenvalue weighted by Crippen LogP contribution is 2.28. The summed E-state index contributed by atoms with van der Waals surface area (Å²) in [6, 6.07) is 9.55. The number of nitrogens with one attached hydrogen (secondary N) is 2. The van der Waals surface area contributed by atoms with Gasteiger partial charge in [0.15, 0.2) is 11.5 Å². The maximum absolute atomic E-state index is 12.7. The van der Waals surface area contributed by atoms with Gasteiger partial charge in [-0.25, -0.2) is 9.67 Å². The van der Waals surface area contributed by atoms with Crippen LogP contribution in [0.3, 0.4) is 0 Å². The number of aromatic nitrogens is 4. The molecule has 1 saturated carbocycles. The number of benzene rings is 1. The topological polar surface area (TPSA) is 122 Å². The zero-order valence-corrected chi connectivity index (χ0v) is 18.3. The van der Waals surface area contributed by atoms with E-state index in [2.05, 4.69) is 15.4 Å². The SMILES string of the molecule is O=c1[nH]c(C2CN(C(=C[N+](=O)[O-])NCC3CCCCC3)C2)nc2c1cnn2-c1ccccc1. The quantitative estimate of drug-likeness (QED) is 0.420. The van der Waals surface area contributed by atoms with Crippen molar-refractivity contribution < 1.29 is 4.92 Å². The molecule has 10 nitrogen and oxygen atoms in total. The predicted octanol–water partition coefficient (Wildman–Crippen LogP) is 2.75. The van der Waals surface area contributed by atoms with Crippen molar-refractivity contribution in [2.45, 2.75) is 38.0 Å². The molecule has 2 aliphatic rings. The molecule has 1 aromatic carbocycles. The van der Waals surface area contributed by atoms with Gasteiger partial charge in [-0.3, -0.25) is 14.9 Å². The van der Waals surface area contributed by atoms with E-state index in [1.54, 1.807) is 4.68 Å². The first-order chi connectivity index (χ1) is 16.1. The molecule has 2 fully saturated rings. The van der Waals surface area contributed by atoms with Crippen molar-refractivity contribution in [1.29, 1.82) is 0 Å². The number of aromatic amines is 1. The van der Waals surface area contributed by atoms with Gasteiger partial charge < -0.3 is 15.2 Å². The fourth-order valence-electron chi connectivity index (χ4n) is 4.71. The van der Waals surface area contributed by atoms with Crippen molar-refractivity contribution >= 4 is 11.0 Å². The molecule has 0 atom stereocenters. The minimum atomic E-state index is -0.416. The van der Waals surface area contributed by atoms with Gasteiger partial charge in [-0.15, -0.1) is 0 Å². The zero-order valence-electron chi connectivity index (χ0n) is 18.3. The Morgan fingerprint density at radius 1 is 1.21 bits per heavy atom. The van der Waals surface area contributed by atoms with Crippen LogP contribution in [0.4, 0.5) is 0 Å². The van der Waals surface area contributed by atoms with E-state index in [0.717, 1.165) is 18.4 Å². The summed E-state index contributed by atoms with van der Waals surface area (Å²) < 4.78 is 1.66. The molecule has 10 heteroatoms. The van der Waals surface area contributed by atoms with Gasteiger partial charge in [0.1, 0.15) is 11.2 Å². The molecule has 1 aliphatic heterocycles. The van der Waals surface area contributed by atoms with Crippen LogP contribution in [0.5, 0.6) is 0 Å². The molecular formula is C23H27N7O3. The fourth-order valence-corrected chi connectivity index (χ4v) is 4.71. The normalized spacial score (nSPS) is 17.8. The van der Waals surface area contributed by atoms with Crippen LogP contribution in [0.1, 0.15) is 43.8 Å². The van der Waals surface area contributed by atoms with Crippen LogP contribution in [0.2, 0.25) is 0 Å². The Labute approximate surface area is 190 Å². The van der Waals surface area contributed by atoms with Crippen LogP contribution in [0, 0.1) is 16.0 Å². The number of hydrogen-bond acceptors (Lipinski definition) is 7. The monoisotopic (exact) mass is 449 g/mol. The van der Waals surface area contributed by atoms with Crippen molar-refractivity contribution in [3.63, 3.8) is 0 Å². The largest absolute Gasteiger partial charge is 0.366 e. The predicted molar refractivity (Wildman–Crippen MR) is 123 cm³/mol. The molecule has 1 aliphatic carbocycles. The van der Waals surface area contributed by atoms with Gasteiger partial charge in [0.25, 0.3) is 11.8 Å². The zero-order chi connectivity index (χ0) is 22.8. The van der Waals surface area contributed by atoms with Crippen LogP contribution < -0.4 is 10.9 Å². The third kappa shape index (κ3) is 4.46. The molecule has 33 heavy (non-hydrogen) atoms. The second-order valence-electron chi connectivity index (χ2n) is 8.87. The molecule has 0 radical (unpaired) electrons. The molecule has 172 valence electrons. The molecule has 5 rings (SSSR count).